The molecule has 0 atom stereocenters. The molecule has 0 radical (unpaired) electrons. The van der Waals surface area contributed by atoms with Crippen molar-refractivity contribution in [2.75, 3.05) is 12.8 Å². The van der Waals surface area contributed by atoms with Crippen LogP contribution in [0, 0.1) is 0 Å². The van der Waals surface area contributed by atoms with Crippen molar-refractivity contribution in [2.45, 2.75) is 25.6 Å². The second-order valence-corrected chi connectivity index (χ2v) is 8.65. The van der Waals surface area contributed by atoms with E-state index in [0.717, 1.165) is 27.5 Å². The Kier molecular flexibility index (Phi) is 4.24. The van der Waals surface area contributed by atoms with Gasteiger partial charge in [-0.05, 0) is 40.8 Å². The van der Waals surface area contributed by atoms with Gasteiger partial charge in [0.1, 0.15) is 5.88 Å². The highest BCUT2D eigenvalue weighted by Gasteiger charge is 2.18. The molecule has 3 rings (SSSR count). The van der Waals surface area contributed by atoms with E-state index >= 15 is 0 Å². The third kappa shape index (κ3) is 3.34. The summed E-state index contributed by atoms with van der Waals surface area (Å²) in [5.74, 6) is -0.465. The minimum atomic E-state index is -3.53. The third-order valence-corrected chi connectivity index (χ3v) is 4.85. The highest BCUT2D eigenvalue weighted by Crippen LogP contribution is 2.29. The van der Waals surface area contributed by atoms with Crippen LogP contribution in [0.4, 0.5) is 0 Å². The number of aromatic nitrogens is 2. The maximum atomic E-state index is 12.7. The van der Waals surface area contributed by atoms with E-state index in [1.165, 1.54) is 0 Å². The van der Waals surface area contributed by atoms with Crippen molar-refractivity contribution in [1.82, 2.24) is 9.55 Å². The van der Waals surface area contributed by atoms with Crippen LogP contribution < -0.4 is 11.2 Å². The number of hydrogen-bond donors (Lipinski definition) is 1. The summed E-state index contributed by atoms with van der Waals surface area (Å²) in [6.45, 7) is 4.60. The first-order valence-electron chi connectivity index (χ1n) is 7.85. The molecular formula is C17H19N3O4S. The Labute approximate surface area is 144 Å². The average molecular weight is 361 g/mol. The summed E-state index contributed by atoms with van der Waals surface area (Å²) in [4.78, 5) is 31.7. The lowest BCUT2D eigenvalue weighted by molar-refractivity contribution is 0.584. The molecule has 0 saturated heterocycles. The zero-order chi connectivity index (χ0) is 18.4. The molecule has 0 saturated carbocycles. The van der Waals surface area contributed by atoms with Gasteiger partial charge < -0.3 is 4.98 Å². The summed E-state index contributed by atoms with van der Waals surface area (Å²) in [7, 11) is -3.53. The zero-order valence-electron chi connectivity index (χ0n) is 14.2. The molecule has 0 fully saturated rings. The lowest BCUT2D eigenvalue weighted by atomic mass is 9.91. The quantitative estimate of drug-likeness (QED) is 0.886. The molecule has 0 aliphatic carbocycles. The molecule has 1 aliphatic rings. The first-order chi connectivity index (χ1) is 11.7. The van der Waals surface area contributed by atoms with Gasteiger partial charge in [0.15, 0.2) is 9.84 Å². The zero-order valence-corrected chi connectivity index (χ0v) is 15.1. The number of allylic oxidation sites excluding steroid dienone is 1. The summed E-state index contributed by atoms with van der Waals surface area (Å²) in [6, 6.07) is 3.52. The highest BCUT2D eigenvalue weighted by molar-refractivity contribution is 7.89. The predicted octanol–water partition coefficient (Wildman–Crippen LogP) is 1.28. The lowest BCUT2D eigenvalue weighted by Gasteiger charge is -2.15. The van der Waals surface area contributed by atoms with E-state index in [0.29, 0.717) is 12.1 Å². The van der Waals surface area contributed by atoms with Crippen LogP contribution in [-0.4, -0.2) is 37.0 Å². The van der Waals surface area contributed by atoms with Crippen molar-refractivity contribution in [1.29, 1.82) is 0 Å². The van der Waals surface area contributed by atoms with Crippen LogP contribution in [0.2, 0.25) is 0 Å². The SMILES string of the molecule is CC(C)c1cc2[nH]c(=O)n(CS(C)(=O)=O)c(=O)c2cc1C1=CC=NC1. The fourth-order valence-electron chi connectivity index (χ4n) is 2.95. The van der Waals surface area contributed by atoms with Crippen LogP contribution >= 0.6 is 0 Å². The molecule has 1 aromatic carbocycles. The number of fused-ring (bicyclic) bond motifs is 1. The molecule has 1 N–H and O–H groups in total. The Morgan fingerprint density at radius 2 is 2.00 bits per heavy atom. The molecule has 1 aliphatic heterocycles. The Morgan fingerprint density at radius 1 is 1.28 bits per heavy atom. The minimum Gasteiger partial charge on any atom is -0.307 e. The first-order valence-corrected chi connectivity index (χ1v) is 9.91. The van der Waals surface area contributed by atoms with E-state index in [9.17, 15) is 18.0 Å². The Hall–Kier alpha value is -2.48. The van der Waals surface area contributed by atoms with Crippen LogP contribution in [0.25, 0.3) is 16.5 Å². The maximum Gasteiger partial charge on any atom is 0.329 e. The van der Waals surface area contributed by atoms with Gasteiger partial charge in [0.05, 0.1) is 17.4 Å². The molecule has 8 heteroatoms. The molecule has 7 nitrogen and oxygen atoms in total. The average Bonchev–Trinajstić information content (AvgIpc) is 3.03. The van der Waals surface area contributed by atoms with Crippen LogP contribution in [-0.2, 0) is 15.7 Å². The fourth-order valence-corrected chi connectivity index (χ4v) is 3.65. The van der Waals surface area contributed by atoms with Crippen LogP contribution in [0.3, 0.4) is 0 Å². The number of H-pyrrole nitrogens is 1. The van der Waals surface area contributed by atoms with Gasteiger partial charge in [-0.1, -0.05) is 13.8 Å². The molecule has 132 valence electrons. The van der Waals surface area contributed by atoms with E-state index in [1.54, 1.807) is 18.3 Å². The van der Waals surface area contributed by atoms with E-state index in [2.05, 4.69) is 9.98 Å². The van der Waals surface area contributed by atoms with Gasteiger partial charge in [0.25, 0.3) is 5.56 Å². The van der Waals surface area contributed by atoms with Gasteiger partial charge in [0, 0.05) is 12.5 Å². The van der Waals surface area contributed by atoms with Gasteiger partial charge >= 0.3 is 5.69 Å². The largest absolute Gasteiger partial charge is 0.329 e. The summed E-state index contributed by atoms with van der Waals surface area (Å²) in [5.41, 5.74) is 1.96. The van der Waals surface area contributed by atoms with Crippen LogP contribution in [0.5, 0.6) is 0 Å². The molecule has 0 unspecified atom stereocenters. The topological polar surface area (TPSA) is 101 Å². The van der Waals surface area contributed by atoms with Crippen molar-refractivity contribution in [3.8, 4) is 0 Å². The number of rotatable bonds is 4. The van der Waals surface area contributed by atoms with Gasteiger partial charge in [0.2, 0.25) is 0 Å². The second kappa shape index (κ2) is 6.11. The maximum absolute atomic E-state index is 12.7. The van der Waals surface area contributed by atoms with Crippen molar-refractivity contribution in [2.24, 2.45) is 4.99 Å². The van der Waals surface area contributed by atoms with Crippen LogP contribution in [0.1, 0.15) is 30.9 Å². The van der Waals surface area contributed by atoms with E-state index in [-0.39, 0.29) is 11.3 Å². The monoisotopic (exact) mass is 361 g/mol. The molecule has 1 aromatic heterocycles. The number of nitrogens with zero attached hydrogens (tertiary/aromatic N) is 2. The number of aliphatic imine (C=N–C) groups is 1. The number of nitrogens with one attached hydrogen (secondary N) is 1. The lowest BCUT2D eigenvalue weighted by Crippen LogP contribution is -2.37. The summed E-state index contributed by atoms with van der Waals surface area (Å²) in [6.07, 6.45) is 4.60. The van der Waals surface area contributed by atoms with Gasteiger partial charge in [-0.2, -0.15) is 0 Å². The number of benzene rings is 1. The van der Waals surface area contributed by atoms with E-state index in [4.69, 9.17) is 0 Å². The summed E-state index contributed by atoms with van der Waals surface area (Å²) >= 11 is 0. The van der Waals surface area contributed by atoms with Gasteiger partial charge in [-0.15, -0.1) is 0 Å². The first kappa shape index (κ1) is 17.3. The summed E-state index contributed by atoms with van der Waals surface area (Å²) in [5, 5.41) is 0.287. The third-order valence-electron chi connectivity index (χ3n) is 4.13. The normalized spacial score (nSPS) is 14.5. The molecular weight excluding hydrogens is 342 g/mol. The Balaban J connectivity index is 2.33. The van der Waals surface area contributed by atoms with Crippen molar-refractivity contribution in [3.63, 3.8) is 0 Å². The van der Waals surface area contributed by atoms with Gasteiger partial charge in [-0.25, -0.2) is 17.8 Å². The smallest absolute Gasteiger partial charge is 0.307 e. The second-order valence-electron chi connectivity index (χ2n) is 6.54. The number of sulfone groups is 1. The van der Waals surface area contributed by atoms with E-state index in [1.807, 2.05) is 19.9 Å². The van der Waals surface area contributed by atoms with Crippen molar-refractivity contribution >= 4 is 32.5 Å². The fraction of sp³-hybridized carbons (Fsp3) is 0.353. The summed E-state index contributed by atoms with van der Waals surface area (Å²) < 4.78 is 23.8. The molecule has 2 heterocycles. The standard InChI is InChI=1S/C17H19N3O4S/c1-10(2)12-7-15-14(6-13(12)11-4-5-18-8-11)16(21)20(17(22)19-15)9-25(3,23)24/h4-7,10H,8-9H2,1-3H3,(H,19,22). The Morgan fingerprint density at radius 3 is 2.56 bits per heavy atom. The number of hydrogen-bond acceptors (Lipinski definition) is 5. The molecule has 0 bridgehead atoms. The molecule has 25 heavy (non-hydrogen) atoms. The Bertz CT molecular complexity index is 1130. The highest BCUT2D eigenvalue weighted by atomic mass is 32.2. The van der Waals surface area contributed by atoms with Crippen LogP contribution in [0.15, 0.2) is 32.8 Å². The van der Waals surface area contributed by atoms with E-state index < -0.39 is 27.0 Å². The predicted molar refractivity (Wildman–Crippen MR) is 99.1 cm³/mol. The van der Waals surface area contributed by atoms with Crippen molar-refractivity contribution < 1.29 is 8.42 Å². The van der Waals surface area contributed by atoms with Gasteiger partial charge in [-0.3, -0.25) is 9.79 Å². The molecule has 0 amide bonds. The molecule has 0 spiro atoms. The number of aromatic amines is 1. The van der Waals surface area contributed by atoms with Crippen molar-refractivity contribution in [3.05, 3.63) is 50.2 Å². The minimum absolute atomic E-state index is 0.183. The molecule has 2 aromatic rings.